The molecule has 0 saturated heterocycles. The molecule has 0 heterocycles. The number of hydrogen-bond acceptors (Lipinski definition) is 1. The Bertz CT molecular complexity index is 606. The fourth-order valence-electron chi connectivity index (χ4n) is 2.18. The Morgan fingerprint density at radius 3 is 2.29 bits per heavy atom. The topological polar surface area (TPSA) is 26.0 Å². The van der Waals surface area contributed by atoms with Crippen LogP contribution >= 0.6 is 0 Å². The van der Waals surface area contributed by atoms with Crippen LogP contribution in [-0.4, -0.2) is 0 Å². The average Bonchev–Trinajstić information content (AvgIpc) is 2.28. The predicted molar refractivity (Wildman–Crippen MR) is 62.3 cm³/mol. The van der Waals surface area contributed by atoms with Crippen LogP contribution in [0.1, 0.15) is 18.1 Å². The number of halogens is 3. The van der Waals surface area contributed by atoms with Crippen LogP contribution in [0.5, 0.6) is 0 Å². The molecule has 0 fully saturated rings. The van der Waals surface area contributed by atoms with Gasteiger partial charge >= 0.3 is 0 Å². The van der Waals surface area contributed by atoms with Crippen LogP contribution in [-0.2, 0) is 6.42 Å². The Labute approximate surface area is 97.0 Å². The highest BCUT2D eigenvalue weighted by molar-refractivity contribution is 5.92. The molecule has 2 aromatic rings. The van der Waals surface area contributed by atoms with Gasteiger partial charge in [-0.15, -0.1) is 0 Å². The lowest BCUT2D eigenvalue weighted by molar-refractivity contribution is 0.448. The molecule has 2 rings (SSSR count). The van der Waals surface area contributed by atoms with Crippen molar-refractivity contribution in [2.24, 2.45) is 0 Å². The van der Waals surface area contributed by atoms with Crippen LogP contribution < -0.4 is 5.73 Å². The van der Waals surface area contributed by atoms with E-state index in [1.165, 1.54) is 6.07 Å². The van der Waals surface area contributed by atoms with Crippen molar-refractivity contribution in [2.75, 3.05) is 5.73 Å². The van der Waals surface area contributed by atoms with Crippen molar-refractivity contribution in [3.8, 4) is 0 Å². The van der Waals surface area contributed by atoms with Crippen molar-refractivity contribution in [1.82, 2.24) is 0 Å². The fourth-order valence-corrected chi connectivity index (χ4v) is 2.18. The summed E-state index contributed by atoms with van der Waals surface area (Å²) in [5.41, 5.74) is 6.76. The summed E-state index contributed by atoms with van der Waals surface area (Å²) in [5.74, 6) is -3.71. The SMILES string of the molecule is CCc1c(F)c(F)c(F)c2cc(N)cc(C)c12. The average molecular weight is 239 g/mol. The molecule has 0 unspecified atom stereocenters. The van der Waals surface area contributed by atoms with E-state index in [4.69, 9.17) is 5.73 Å². The Morgan fingerprint density at radius 2 is 1.71 bits per heavy atom. The minimum Gasteiger partial charge on any atom is -0.399 e. The standard InChI is InChI=1S/C13H12F3N/c1-3-8-10-6(2)4-7(17)5-9(10)12(15)13(16)11(8)14/h4-5H,3,17H2,1-2H3. The maximum Gasteiger partial charge on any atom is 0.195 e. The summed E-state index contributed by atoms with van der Waals surface area (Å²) in [6.45, 7) is 3.40. The van der Waals surface area contributed by atoms with E-state index in [1.807, 2.05) is 0 Å². The van der Waals surface area contributed by atoms with Gasteiger partial charge in [0.05, 0.1) is 0 Å². The van der Waals surface area contributed by atoms with Gasteiger partial charge in [-0.1, -0.05) is 6.92 Å². The second-order valence-electron chi connectivity index (χ2n) is 4.03. The van der Waals surface area contributed by atoms with Gasteiger partial charge < -0.3 is 5.73 Å². The van der Waals surface area contributed by atoms with E-state index >= 15 is 0 Å². The second-order valence-corrected chi connectivity index (χ2v) is 4.03. The van der Waals surface area contributed by atoms with E-state index in [-0.39, 0.29) is 10.9 Å². The van der Waals surface area contributed by atoms with Crippen molar-refractivity contribution in [3.63, 3.8) is 0 Å². The Kier molecular flexibility index (Phi) is 2.73. The summed E-state index contributed by atoms with van der Waals surface area (Å²) in [4.78, 5) is 0. The first-order valence-corrected chi connectivity index (χ1v) is 5.32. The molecule has 0 radical (unpaired) electrons. The van der Waals surface area contributed by atoms with Crippen LogP contribution in [0.15, 0.2) is 12.1 Å². The van der Waals surface area contributed by atoms with Crippen molar-refractivity contribution < 1.29 is 13.2 Å². The number of nitrogens with two attached hydrogens (primary N) is 1. The van der Waals surface area contributed by atoms with Gasteiger partial charge in [-0.05, 0) is 42.0 Å². The highest BCUT2D eigenvalue weighted by Crippen LogP contribution is 2.32. The van der Waals surface area contributed by atoms with Gasteiger partial charge in [-0.3, -0.25) is 0 Å². The van der Waals surface area contributed by atoms with Gasteiger partial charge in [0.25, 0.3) is 0 Å². The van der Waals surface area contributed by atoms with Gasteiger partial charge in [0.15, 0.2) is 17.5 Å². The third-order valence-electron chi connectivity index (χ3n) is 2.90. The summed E-state index contributed by atoms with van der Waals surface area (Å²) in [5, 5.41) is 0.455. The minimum absolute atomic E-state index is 0.0400. The van der Waals surface area contributed by atoms with Crippen molar-refractivity contribution >= 4 is 16.5 Å². The van der Waals surface area contributed by atoms with Crippen molar-refractivity contribution in [3.05, 3.63) is 40.7 Å². The summed E-state index contributed by atoms with van der Waals surface area (Å²) in [6.07, 6.45) is 0.296. The number of hydrogen-bond donors (Lipinski definition) is 1. The van der Waals surface area contributed by atoms with E-state index in [9.17, 15) is 13.2 Å². The number of anilines is 1. The lowest BCUT2D eigenvalue weighted by Crippen LogP contribution is -2.02. The largest absolute Gasteiger partial charge is 0.399 e. The molecular weight excluding hydrogens is 227 g/mol. The van der Waals surface area contributed by atoms with Crippen molar-refractivity contribution in [2.45, 2.75) is 20.3 Å². The van der Waals surface area contributed by atoms with E-state index in [0.717, 1.165) is 0 Å². The molecule has 0 saturated carbocycles. The first-order chi connectivity index (χ1) is 7.97. The molecule has 0 atom stereocenters. The van der Waals surface area contributed by atoms with Crippen LogP contribution in [0, 0.1) is 24.4 Å². The van der Waals surface area contributed by atoms with E-state index in [2.05, 4.69) is 0 Å². The molecule has 2 N–H and O–H groups in total. The molecule has 1 nitrogen and oxygen atoms in total. The van der Waals surface area contributed by atoms with Crippen molar-refractivity contribution in [1.29, 1.82) is 0 Å². The Hall–Kier alpha value is -1.71. The van der Waals surface area contributed by atoms with Gasteiger partial charge in [-0.2, -0.15) is 0 Å². The van der Waals surface area contributed by atoms with Crippen LogP contribution in [0.2, 0.25) is 0 Å². The highest BCUT2D eigenvalue weighted by Gasteiger charge is 2.20. The zero-order valence-electron chi connectivity index (χ0n) is 9.57. The summed E-state index contributed by atoms with van der Waals surface area (Å²) in [6, 6.07) is 2.96. The molecule has 4 heteroatoms. The van der Waals surface area contributed by atoms with Gasteiger partial charge in [0.1, 0.15) is 0 Å². The lowest BCUT2D eigenvalue weighted by Gasteiger charge is -2.12. The fraction of sp³-hybridized carbons (Fsp3) is 0.231. The molecule has 0 spiro atoms. The molecule has 90 valence electrons. The quantitative estimate of drug-likeness (QED) is 0.595. The molecule has 0 aliphatic carbocycles. The van der Waals surface area contributed by atoms with E-state index in [0.29, 0.717) is 23.1 Å². The maximum absolute atomic E-state index is 13.7. The molecule has 2 aromatic carbocycles. The maximum atomic E-state index is 13.7. The summed E-state index contributed by atoms with van der Waals surface area (Å²) in [7, 11) is 0. The van der Waals surface area contributed by atoms with Gasteiger partial charge in [0, 0.05) is 11.1 Å². The van der Waals surface area contributed by atoms with Crippen LogP contribution in [0.25, 0.3) is 10.8 Å². The molecule has 0 bridgehead atoms. The number of nitrogen functional groups attached to an aromatic ring is 1. The Balaban J connectivity index is 3.06. The third kappa shape index (κ3) is 1.64. The van der Waals surface area contributed by atoms with Crippen LogP contribution in [0.3, 0.4) is 0 Å². The minimum atomic E-state index is -1.43. The highest BCUT2D eigenvalue weighted by atomic mass is 19.2. The first kappa shape index (κ1) is 11.8. The number of benzene rings is 2. The summed E-state index contributed by atoms with van der Waals surface area (Å²) < 4.78 is 40.7. The second kappa shape index (κ2) is 3.95. The predicted octanol–water partition coefficient (Wildman–Crippen LogP) is 3.71. The molecule has 0 amide bonds. The summed E-state index contributed by atoms with van der Waals surface area (Å²) >= 11 is 0. The number of aryl methyl sites for hydroxylation is 2. The zero-order valence-corrected chi connectivity index (χ0v) is 9.57. The Morgan fingerprint density at radius 1 is 1.06 bits per heavy atom. The third-order valence-corrected chi connectivity index (χ3v) is 2.90. The molecular formula is C13H12F3N. The van der Waals surface area contributed by atoms with E-state index < -0.39 is 17.5 Å². The zero-order chi connectivity index (χ0) is 12.7. The normalized spacial score (nSPS) is 11.1. The van der Waals surface area contributed by atoms with E-state index in [1.54, 1.807) is 19.9 Å². The van der Waals surface area contributed by atoms with Crippen LogP contribution in [0.4, 0.5) is 18.9 Å². The molecule has 0 aliphatic heterocycles. The molecule has 0 aliphatic rings. The lowest BCUT2D eigenvalue weighted by atomic mass is 9.96. The molecule has 0 aromatic heterocycles. The van der Waals surface area contributed by atoms with Gasteiger partial charge in [-0.25, -0.2) is 13.2 Å². The first-order valence-electron chi connectivity index (χ1n) is 5.32. The number of fused-ring (bicyclic) bond motifs is 1. The molecule has 17 heavy (non-hydrogen) atoms. The number of rotatable bonds is 1. The monoisotopic (exact) mass is 239 g/mol. The van der Waals surface area contributed by atoms with Gasteiger partial charge in [0.2, 0.25) is 0 Å². The smallest absolute Gasteiger partial charge is 0.195 e.